The van der Waals surface area contributed by atoms with Gasteiger partial charge in [-0.3, -0.25) is 0 Å². The van der Waals surface area contributed by atoms with Crippen molar-refractivity contribution in [3.63, 3.8) is 0 Å². The highest BCUT2D eigenvalue weighted by Crippen LogP contribution is 2.39. The van der Waals surface area contributed by atoms with E-state index in [1.807, 2.05) is 29.2 Å². The molecule has 0 unspecified atom stereocenters. The normalized spacial score (nSPS) is 14.6. The van der Waals surface area contributed by atoms with Gasteiger partial charge < -0.3 is 29.6 Å². The van der Waals surface area contributed by atoms with Crippen molar-refractivity contribution < 1.29 is 18.4 Å². The van der Waals surface area contributed by atoms with Gasteiger partial charge >= 0.3 is 0 Å². The summed E-state index contributed by atoms with van der Waals surface area (Å²) >= 11 is 6.34. The molecule has 0 atom stereocenters. The molecule has 0 saturated carbocycles. The van der Waals surface area contributed by atoms with Crippen LogP contribution in [0, 0.1) is 5.82 Å². The highest BCUT2D eigenvalue weighted by molar-refractivity contribution is 7.70. The van der Waals surface area contributed by atoms with Gasteiger partial charge in [-0.1, -0.05) is 23.7 Å². The van der Waals surface area contributed by atoms with Gasteiger partial charge in [0.25, 0.3) is 0 Å². The molecule has 0 amide bonds. The lowest BCUT2D eigenvalue weighted by molar-refractivity contribution is 0.0818. The minimum atomic E-state index is -2.55. The number of nitrogens with zero attached hydrogens (tertiary/aromatic N) is 3. The Labute approximate surface area is 215 Å². The Bertz CT molecular complexity index is 1280. The number of para-hydroxylation sites is 1. The zero-order valence-corrected chi connectivity index (χ0v) is 22.4. The molecular formula is C25H30ClFN5O3P. The number of anilines is 5. The Hall–Kier alpha value is -2.87. The van der Waals surface area contributed by atoms with Gasteiger partial charge in [-0.05, 0) is 50.4 Å². The minimum Gasteiger partial charge on any atom is -0.492 e. The van der Waals surface area contributed by atoms with Crippen molar-refractivity contribution in [2.24, 2.45) is 0 Å². The summed E-state index contributed by atoms with van der Waals surface area (Å²) in [6.45, 7) is 4.80. The number of aromatic nitrogens is 2. The highest BCUT2D eigenvalue weighted by Gasteiger charge is 2.24. The van der Waals surface area contributed by atoms with Gasteiger partial charge in [-0.15, -0.1) is 0 Å². The van der Waals surface area contributed by atoms with Gasteiger partial charge in [0.15, 0.2) is 17.4 Å². The number of methoxy groups -OCH3 is 2. The highest BCUT2D eigenvalue weighted by atomic mass is 35.5. The van der Waals surface area contributed by atoms with Crippen LogP contribution in [0.2, 0.25) is 5.02 Å². The maximum Gasteiger partial charge on any atom is 0.229 e. The van der Waals surface area contributed by atoms with Crippen LogP contribution in [0.3, 0.4) is 0 Å². The van der Waals surface area contributed by atoms with E-state index in [0.717, 1.165) is 12.8 Å². The summed E-state index contributed by atoms with van der Waals surface area (Å²) in [6.07, 6.45) is 3.31. The fourth-order valence-corrected chi connectivity index (χ4v) is 5.53. The van der Waals surface area contributed by atoms with Crippen LogP contribution >= 0.6 is 18.7 Å². The van der Waals surface area contributed by atoms with Crippen LogP contribution in [-0.4, -0.2) is 56.7 Å². The lowest BCUT2D eigenvalue weighted by atomic mass is 10.1. The van der Waals surface area contributed by atoms with Gasteiger partial charge in [0.05, 0.1) is 36.5 Å². The molecule has 1 aliphatic heterocycles. The third-order valence-electron chi connectivity index (χ3n) is 6.12. The Balaban J connectivity index is 1.59. The van der Waals surface area contributed by atoms with E-state index in [1.54, 1.807) is 32.6 Å². The smallest absolute Gasteiger partial charge is 0.229 e. The SMILES string of the molecule is COc1c(Nc2ncc(Cl)c(Nc3ccccc3P(C)(C)=O)n2)ccc(N2CCC(OC)CC2)c1F. The Kier molecular flexibility index (Phi) is 8.03. The number of ether oxygens (including phenoxy) is 2. The Morgan fingerprint density at radius 2 is 1.81 bits per heavy atom. The van der Waals surface area contributed by atoms with Crippen LogP contribution in [0.15, 0.2) is 42.6 Å². The second-order valence-electron chi connectivity index (χ2n) is 8.91. The molecule has 11 heteroatoms. The molecule has 3 aromatic rings. The summed E-state index contributed by atoms with van der Waals surface area (Å²) < 4.78 is 39.0. The molecule has 1 saturated heterocycles. The summed E-state index contributed by atoms with van der Waals surface area (Å²) in [5, 5.41) is 7.15. The first-order valence-corrected chi connectivity index (χ1v) is 14.5. The van der Waals surface area contributed by atoms with Crippen molar-refractivity contribution in [2.45, 2.75) is 18.9 Å². The van der Waals surface area contributed by atoms with Crippen molar-refractivity contribution in [1.82, 2.24) is 9.97 Å². The van der Waals surface area contributed by atoms with Crippen LogP contribution < -0.4 is 25.6 Å². The van der Waals surface area contributed by atoms with Crippen molar-refractivity contribution in [2.75, 3.05) is 56.2 Å². The summed E-state index contributed by atoms with van der Waals surface area (Å²) in [5.74, 6) is 0.132. The summed E-state index contributed by atoms with van der Waals surface area (Å²) in [4.78, 5) is 10.7. The topological polar surface area (TPSA) is 88.6 Å². The van der Waals surface area contributed by atoms with E-state index in [0.29, 0.717) is 41.3 Å². The maximum absolute atomic E-state index is 15.4. The van der Waals surface area contributed by atoms with Gasteiger partial charge in [0.2, 0.25) is 5.95 Å². The van der Waals surface area contributed by atoms with Crippen LogP contribution in [0.4, 0.5) is 33.2 Å². The number of benzene rings is 2. The number of piperidine rings is 1. The van der Waals surface area contributed by atoms with E-state index in [4.69, 9.17) is 21.1 Å². The molecule has 1 aliphatic rings. The Morgan fingerprint density at radius 1 is 1.08 bits per heavy atom. The monoisotopic (exact) mass is 533 g/mol. The lowest BCUT2D eigenvalue weighted by Gasteiger charge is -2.33. The van der Waals surface area contributed by atoms with E-state index in [1.165, 1.54) is 13.3 Å². The number of halogens is 2. The molecule has 0 spiro atoms. The summed E-state index contributed by atoms with van der Waals surface area (Å²) in [5.41, 5.74) is 1.50. The molecule has 36 heavy (non-hydrogen) atoms. The predicted octanol–water partition coefficient (Wildman–Crippen LogP) is 5.63. The first-order chi connectivity index (χ1) is 17.2. The zero-order valence-electron chi connectivity index (χ0n) is 20.7. The zero-order chi connectivity index (χ0) is 25.9. The first kappa shape index (κ1) is 26.2. The van der Waals surface area contributed by atoms with E-state index in [2.05, 4.69) is 20.6 Å². The maximum atomic E-state index is 15.4. The fraction of sp³-hybridized carbons (Fsp3) is 0.360. The quantitative estimate of drug-likeness (QED) is 0.360. The first-order valence-electron chi connectivity index (χ1n) is 11.6. The van der Waals surface area contributed by atoms with Gasteiger partial charge in [0.1, 0.15) is 12.2 Å². The van der Waals surface area contributed by atoms with Crippen molar-refractivity contribution in [1.29, 1.82) is 0 Å². The molecule has 1 aromatic heterocycles. The van der Waals surface area contributed by atoms with Crippen LogP contribution in [0.5, 0.6) is 5.75 Å². The van der Waals surface area contributed by atoms with E-state index < -0.39 is 13.0 Å². The number of nitrogens with one attached hydrogen (secondary N) is 2. The number of hydrogen-bond acceptors (Lipinski definition) is 8. The molecule has 1 fully saturated rings. The number of rotatable bonds is 8. The molecule has 0 radical (unpaired) electrons. The Morgan fingerprint density at radius 3 is 2.47 bits per heavy atom. The van der Waals surface area contributed by atoms with Crippen molar-refractivity contribution in [3.8, 4) is 5.75 Å². The third-order valence-corrected chi connectivity index (χ3v) is 7.95. The number of hydrogen-bond donors (Lipinski definition) is 2. The van der Waals surface area contributed by atoms with E-state index >= 15 is 4.39 Å². The molecule has 0 bridgehead atoms. The molecule has 2 heterocycles. The molecule has 0 aliphatic carbocycles. The molecule has 192 valence electrons. The molecule has 2 N–H and O–H groups in total. The standard InChI is InChI=1S/C25H30ClFN5O3P/c1-34-16-11-13-32(14-12-16)20-10-9-19(23(35-2)22(20)27)30-25-28-15-17(26)24(31-25)29-18-7-5-6-8-21(18)36(3,4)33/h5-10,15-16H,11-14H2,1-4H3,(H2,28,29,30,31). The van der Waals surface area contributed by atoms with Crippen LogP contribution in [0.25, 0.3) is 0 Å². The van der Waals surface area contributed by atoms with Crippen LogP contribution in [-0.2, 0) is 9.30 Å². The summed E-state index contributed by atoms with van der Waals surface area (Å²) in [6, 6.07) is 10.8. The predicted molar refractivity (Wildman–Crippen MR) is 144 cm³/mol. The molecule has 2 aromatic carbocycles. The van der Waals surface area contributed by atoms with Gasteiger partial charge in [0, 0.05) is 25.5 Å². The largest absolute Gasteiger partial charge is 0.492 e. The van der Waals surface area contributed by atoms with Gasteiger partial charge in [-0.25, -0.2) is 9.37 Å². The summed E-state index contributed by atoms with van der Waals surface area (Å²) in [7, 11) is 0.578. The van der Waals surface area contributed by atoms with Crippen LogP contribution in [0.1, 0.15) is 12.8 Å². The van der Waals surface area contributed by atoms with Crippen molar-refractivity contribution in [3.05, 3.63) is 53.4 Å². The molecular weight excluding hydrogens is 504 g/mol. The third kappa shape index (κ3) is 5.75. The molecule has 4 rings (SSSR count). The minimum absolute atomic E-state index is 0.0673. The average Bonchev–Trinajstić information content (AvgIpc) is 2.86. The fourth-order valence-electron chi connectivity index (χ4n) is 4.23. The van der Waals surface area contributed by atoms with Crippen molar-refractivity contribution >= 4 is 52.9 Å². The second kappa shape index (κ2) is 11.0. The average molecular weight is 534 g/mol. The lowest BCUT2D eigenvalue weighted by Crippen LogP contribution is -2.37. The second-order valence-corrected chi connectivity index (χ2v) is 12.5. The molecule has 8 nitrogen and oxygen atoms in total. The van der Waals surface area contributed by atoms with E-state index in [-0.39, 0.29) is 22.8 Å². The van der Waals surface area contributed by atoms with Gasteiger partial charge in [-0.2, -0.15) is 4.98 Å². The van der Waals surface area contributed by atoms with E-state index in [9.17, 15) is 4.57 Å².